The van der Waals surface area contributed by atoms with Gasteiger partial charge in [-0.3, -0.25) is 9.89 Å². The number of nitrogens with zero attached hydrogens (tertiary/aromatic N) is 2. The highest BCUT2D eigenvalue weighted by Gasteiger charge is 2.38. The quantitative estimate of drug-likeness (QED) is 0.343. The smallest absolute Gasteiger partial charge is 0.490 e. The Bertz CT molecular complexity index is 1380. The molecule has 4 aromatic rings. The van der Waals surface area contributed by atoms with Crippen LogP contribution in [0.2, 0.25) is 0 Å². The second-order valence-corrected chi connectivity index (χ2v) is 6.82. The first-order valence-corrected chi connectivity index (χ1v) is 9.44. The molecule has 2 heterocycles. The van der Waals surface area contributed by atoms with Crippen LogP contribution in [0.15, 0.2) is 48.7 Å². The fraction of sp³-hybridized carbons (Fsp3) is 0.143. The standard InChI is InChI=1S/C19H16N4O4.C2HF3O2/c1-27-12-5-6-15-11(9-12)7-8-23(15)10-16(24)20-13-3-2-4-14-17(13)18(19(25)26)22-21-14;3-2(4,5)1(6)7/h2-9H,10H2,1H3,(H,20,24)(H,21,22)(H,25,26);(H,6,7). The zero-order valence-electron chi connectivity index (χ0n) is 17.4. The van der Waals surface area contributed by atoms with Crippen molar-refractivity contribution in [1.29, 1.82) is 0 Å². The van der Waals surface area contributed by atoms with Crippen LogP contribution in [0.25, 0.3) is 21.8 Å². The van der Waals surface area contributed by atoms with E-state index in [1.807, 2.05) is 35.0 Å². The Labute approximate surface area is 188 Å². The molecule has 0 bridgehead atoms. The van der Waals surface area contributed by atoms with Gasteiger partial charge in [0.25, 0.3) is 0 Å². The van der Waals surface area contributed by atoms with E-state index in [4.69, 9.17) is 14.6 Å². The van der Waals surface area contributed by atoms with Crippen LogP contribution in [0.1, 0.15) is 10.5 Å². The molecule has 0 spiro atoms. The number of amides is 1. The van der Waals surface area contributed by atoms with Gasteiger partial charge in [0.05, 0.1) is 23.7 Å². The molecule has 0 aliphatic carbocycles. The molecule has 0 unspecified atom stereocenters. The molecule has 4 N–H and O–H groups in total. The molecule has 2 aromatic heterocycles. The van der Waals surface area contributed by atoms with E-state index < -0.39 is 18.1 Å². The minimum absolute atomic E-state index is 0.0898. The first kappa shape index (κ1) is 24.1. The number of carboxylic acid groups (broad SMARTS) is 2. The number of anilines is 1. The van der Waals surface area contributed by atoms with E-state index in [2.05, 4.69) is 15.5 Å². The summed E-state index contributed by atoms with van der Waals surface area (Å²) in [7, 11) is 1.60. The second kappa shape index (κ2) is 9.52. The van der Waals surface area contributed by atoms with Gasteiger partial charge in [0.1, 0.15) is 12.3 Å². The fourth-order valence-electron chi connectivity index (χ4n) is 3.12. The summed E-state index contributed by atoms with van der Waals surface area (Å²) in [5, 5.41) is 27.0. The van der Waals surface area contributed by atoms with Gasteiger partial charge in [0.15, 0.2) is 5.69 Å². The molecule has 0 fully saturated rings. The van der Waals surface area contributed by atoms with Crippen LogP contribution in [0.4, 0.5) is 18.9 Å². The first-order chi connectivity index (χ1) is 16.0. The number of methoxy groups -OCH3 is 1. The van der Waals surface area contributed by atoms with E-state index in [0.29, 0.717) is 16.6 Å². The summed E-state index contributed by atoms with van der Waals surface area (Å²) in [6.07, 6.45) is -3.26. The topological polar surface area (TPSA) is 147 Å². The zero-order valence-corrected chi connectivity index (χ0v) is 17.4. The molecule has 10 nitrogen and oxygen atoms in total. The summed E-state index contributed by atoms with van der Waals surface area (Å²) in [6.45, 7) is 0.0898. The Hall–Kier alpha value is -4.55. The first-order valence-electron chi connectivity index (χ1n) is 9.44. The van der Waals surface area contributed by atoms with Crippen molar-refractivity contribution in [1.82, 2.24) is 14.8 Å². The van der Waals surface area contributed by atoms with Crippen molar-refractivity contribution >= 4 is 45.3 Å². The van der Waals surface area contributed by atoms with Crippen LogP contribution in [0, 0.1) is 0 Å². The number of halogens is 3. The number of benzene rings is 2. The number of carbonyl (C=O) groups excluding carboxylic acids is 1. The normalized spacial score (nSPS) is 11.1. The predicted molar refractivity (Wildman–Crippen MR) is 114 cm³/mol. The number of rotatable bonds is 5. The number of alkyl halides is 3. The Morgan fingerprint density at radius 1 is 1.15 bits per heavy atom. The van der Waals surface area contributed by atoms with Gasteiger partial charge in [-0.15, -0.1) is 0 Å². The summed E-state index contributed by atoms with van der Waals surface area (Å²) in [5.41, 5.74) is 1.73. The van der Waals surface area contributed by atoms with Gasteiger partial charge in [0, 0.05) is 17.1 Å². The van der Waals surface area contributed by atoms with E-state index in [0.717, 1.165) is 16.7 Å². The number of H-pyrrole nitrogens is 1. The number of hydrogen-bond acceptors (Lipinski definition) is 5. The van der Waals surface area contributed by atoms with Crippen LogP contribution in [-0.4, -0.2) is 56.1 Å². The molecule has 34 heavy (non-hydrogen) atoms. The molecule has 0 atom stereocenters. The Morgan fingerprint density at radius 3 is 2.47 bits per heavy atom. The SMILES string of the molecule is COc1ccc2c(ccn2CC(=O)Nc2cccc3[nH]nc(C(=O)O)c23)c1.O=C(O)C(F)(F)F. The molecular weight excluding hydrogens is 461 g/mol. The lowest BCUT2D eigenvalue weighted by Crippen LogP contribution is -2.21. The van der Waals surface area contributed by atoms with Gasteiger partial charge in [-0.1, -0.05) is 6.07 Å². The largest absolute Gasteiger partial charge is 0.497 e. The average Bonchev–Trinajstić information content (AvgIpc) is 3.38. The fourth-order valence-corrected chi connectivity index (χ4v) is 3.12. The third-order valence-corrected chi connectivity index (χ3v) is 4.60. The molecule has 4 rings (SSSR count). The molecule has 178 valence electrons. The molecule has 1 amide bonds. The van der Waals surface area contributed by atoms with Crippen molar-refractivity contribution in [2.24, 2.45) is 0 Å². The zero-order chi connectivity index (χ0) is 25.0. The highest BCUT2D eigenvalue weighted by atomic mass is 19.4. The lowest BCUT2D eigenvalue weighted by atomic mass is 10.1. The van der Waals surface area contributed by atoms with Crippen LogP contribution < -0.4 is 10.1 Å². The highest BCUT2D eigenvalue weighted by Crippen LogP contribution is 2.26. The number of nitrogens with one attached hydrogen (secondary N) is 2. The molecule has 2 aromatic carbocycles. The van der Waals surface area contributed by atoms with E-state index >= 15 is 0 Å². The highest BCUT2D eigenvalue weighted by molar-refractivity contribution is 6.10. The van der Waals surface area contributed by atoms with Crippen molar-refractivity contribution < 1.29 is 42.5 Å². The number of hydrogen-bond donors (Lipinski definition) is 4. The number of aliphatic carboxylic acids is 1. The van der Waals surface area contributed by atoms with Gasteiger partial charge < -0.3 is 24.8 Å². The Morgan fingerprint density at radius 2 is 1.85 bits per heavy atom. The maximum atomic E-state index is 12.6. The van der Waals surface area contributed by atoms with Crippen molar-refractivity contribution in [2.75, 3.05) is 12.4 Å². The number of aromatic carboxylic acids is 1. The number of fused-ring (bicyclic) bond motifs is 2. The Balaban J connectivity index is 0.000000406. The number of aromatic nitrogens is 3. The summed E-state index contributed by atoms with van der Waals surface area (Å²) in [6, 6.07) is 12.6. The van der Waals surface area contributed by atoms with Gasteiger partial charge in [-0.25, -0.2) is 9.59 Å². The Kier molecular flexibility index (Phi) is 6.75. The number of carboxylic acids is 2. The van der Waals surface area contributed by atoms with Crippen LogP contribution in [-0.2, 0) is 16.1 Å². The minimum Gasteiger partial charge on any atom is -0.497 e. The minimum atomic E-state index is -5.08. The van der Waals surface area contributed by atoms with Crippen LogP contribution in [0.5, 0.6) is 5.75 Å². The van der Waals surface area contributed by atoms with Crippen molar-refractivity contribution in [3.05, 3.63) is 54.4 Å². The van der Waals surface area contributed by atoms with Gasteiger partial charge in [-0.05, 0) is 36.4 Å². The molecule has 13 heteroatoms. The van der Waals surface area contributed by atoms with Crippen LogP contribution in [0.3, 0.4) is 0 Å². The summed E-state index contributed by atoms with van der Waals surface area (Å²) < 4.78 is 38.8. The lowest BCUT2D eigenvalue weighted by Gasteiger charge is -2.09. The van der Waals surface area contributed by atoms with Crippen molar-refractivity contribution in [3.8, 4) is 5.75 Å². The lowest BCUT2D eigenvalue weighted by molar-refractivity contribution is -0.192. The van der Waals surface area contributed by atoms with Gasteiger partial charge in [0.2, 0.25) is 5.91 Å². The summed E-state index contributed by atoms with van der Waals surface area (Å²) >= 11 is 0. The summed E-state index contributed by atoms with van der Waals surface area (Å²) in [5.74, 6) is -3.44. The van der Waals surface area contributed by atoms with E-state index in [9.17, 15) is 27.9 Å². The van der Waals surface area contributed by atoms with Crippen LogP contribution >= 0.6 is 0 Å². The van der Waals surface area contributed by atoms with Gasteiger partial charge in [-0.2, -0.15) is 18.3 Å². The number of ether oxygens (including phenoxy) is 1. The van der Waals surface area contributed by atoms with E-state index in [-0.39, 0.29) is 18.1 Å². The molecular formula is C21H17F3N4O6. The predicted octanol–water partition coefficient (Wildman–Crippen LogP) is 3.50. The van der Waals surface area contributed by atoms with E-state index in [1.165, 1.54) is 0 Å². The van der Waals surface area contributed by atoms with E-state index in [1.54, 1.807) is 25.3 Å². The average molecular weight is 478 g/mol. The summed E-state index contributed by atoms with van der Waals surface area (Å²) in [4.78, 5) is 32.8. The number of carbonyl (C=O) groups is 3. The van der Waals surface area contributed by atoms with Gasteiger partial charge >= 0.3 is 18.1 Å². The molecule has 0 aliphatic heterocycles. The second-order valence-electron chi connectivity index (χ2n) is 6.82. The molecule has 0 radical (unpaired) electrons. The maximum Gasteiger partial charge on any atom is 0.490 e. The number of aromatic amines is 1. The maximum absolute atomic E-state index is 12.6. The third-order valence-electron chi connectivity index (χ3n) is 4.60. The van der Waals surface area contributed by atoms with Crippen molar-refractivity contribution in [3.63, 3.8) is 0 Å². The monoisotopic (exact) mass is 478 g/mol. The molecule has 0 aliphatic rings. The van der Waals surface area contributed by atoms with Crippen molar-refractivity contribution in [2.45, 2.75) is 12.7 Å². The molecule has 0 saturated heterocycles. The molecule has 0 saturated carbocycles. The third kappa shape index (κ3) is 5.26.